The Morgan fingerprint density at radius 2 is 2.00 bits per heavy atom. The zero-order valence-electron chi connectivity index (χ0n) is 12.7. The molecule has 0 aromatic carbocycles. The van der Waals surface area contributed by atoms with E-state index in [9.17, 15) is 14.4 Å². The van der Waals surface area contributed by atoms with Gasteiger partial charge in [-0.05, 0) is 25.2 Å². The first-order valence-corrected chi connectivity index (χ1v) is 7.45. The van der Waals surface area contributed by atoms with Gasteiger partial charge in [-0.15, -0.1) is 0 Å². The van der Waals surface area contributed by atoms with E-state index in [0.717, 1.165) is 19.3 Å². The number of carboxylic acid groups (broad SMARTS) is 1. The predicted molar refractivity (Wildman–Crippen MR) is 77.8 cm³/mol. The van der Waals surface area contributed by atoms with Crippen molar-refractivity contribution in [3.05, 3.63) is 0 Å². The van der Waals surface area contributed by atoms with E-state index in [1.165, 1.54) is 11.9 Å². The van der Waals surface area contributed by atoms with Gasteiger partial charge in [0.25, 0.3) is 0 Å². The van der Waals surface area contributed by atoms with Gasteiger partial charge in [-0.1, -0.05) is 13.3 Å². The van der Waals surface area contributed by atoms with Crippen LogP contribution in [0.5, 0.6) is 0 Å². The number of carbonyl (C=O) groups is 3. The van der Waals surface area contributed by atoms with E-state index in [-0.39, 0.29) is 30.3 Å². The summed E-state index contributed by atoms with van der Waals surface area (Å²) < 4.78 is 0. The van der Waals surface area contributed by atoms with Gasteiger partial charge in [0.15, 0.2) is 0 Å². The highest BCUT2D eigenvalue weighted by atomic mass is 16.4. The van der Waals surface area contributed by atoms with Crippen molar-refractivity contribution in [2.45, 2.75) is 32.6 Å². The monoisotopic (exact) mass is 299 g/mol. The van der Waals surface area contributed by atoms with E-state index in [2.05, 4.69) is 10.6 Å². The topological polar surface area (TPSA) is 98.7 Å². The molecular formula is C14H25N3O4. The van der Waals surface area contributed by atoms with Crippen molar-refractivity contribution in [1.82, 2.24) is 15.5 Å². The summed E-state index contributed by atoms with van der Waals surface area (Å²) >= 11 is 0. The second-order valence-corrected chi connectivity index (χ2v) is 5.42. The van der Waals surface area contributed by atoms with Crippen LogP contribution in [-0.2, 0) is 9.59 Å². The highest BCUT2D eigenvalue weighted by molar-refractivity contribution is 5.83. The van der Waals surface area contributed by atoms with Crippen LogP contribution in [0, 0.1) is 11.8 Å². The van der Waals surface area contributed by atoms with Crippen LogP contribution in [0.1, 0.15) is 32.6 Å². The molecule has 3 N–H and O–H groups in total. The van der Waals surface area contributed by atoms with Crippen molar-refractivity contribution in [2.24, 2.45) is 11.8 Å². The summed E-state index contributed by atoms with van der Waals surface area (Å²) in [5.41, 5.74) is 0. The molecule has 0 saturated heterocycles. The van der Waals surface area contributed by atoms with E-state index < -0.39 is 5.97 Å². The molecule has 1 aliphatic carbocycles. The fraction of sp³-hybridized carbons (Fsp3) is 0.786. The normalized spacial score (nSPS) is 20.9. The molecule has 1 saturated carbocycles. The Balaban J connectivity index is 2.49. The Bertz CT molecular complexity index is 386. The molecule has 0 aliphatic heterocycles. The van der Waals surface area contributed by atoms with Gasteiger partial charge in [0, 0.05) is 20.1 Å². The summed E-state index contributed by atoms with van der Waals surface area (Å²) in [6.07, 6.45) is 3.13. The molecule has 0 heterocycles. The Morgan fingerprint density at radius 1 is 1.29 bits per heavy atom. The molecule has 0 radical (unpaired) electrons. The molecule has 2 unspecified atom stereocenters. The average Bonchev–Trinajstić information content (AvgIpc) is 2.92. The van der Waals surface area contributed by atoms with E-state index in [4.69, 9.17) is 5.11 Å². The van der Waals surface area contributed by atoms with Crippen molar-refractivity contribution >= 4 is 17.9 Å². The van der Waals surface area contributed by atoms with Crippen LogP contribution in [0.25, 0.3) is 0 Å². The molecule has 7 nitrogen and oxygen atoms in total. The maximum absolute atomic E-state index is 12.1. The molecule has 0 bridgehead atoms. The van der Waals surface area contributed by atoms with Crippen molar-refractivity contribution in [3.63, 3.8) is 0 Å². The van der Waals surface area contributed by atoms with Crippen molar-refractivity contribution in [2.75, 3.05) is 26.7 Å². The molecular weight excluding hydrogens is 274 g/mol. The van der Waals surface area contributed by atoms with Gasteiger partial charge in [-0.25, -0.2) is 4.79 Å². The van der Waals surface area contributed by atoms with Gasteiger partial charge < -0.3 is 20.6 Å². The van der Waals surface area contributed by atoms with Crippen molar-refractivity contribution in [1.29, 1.82) is 0 Å². The maximum Gasteiger partial charge on any atom is 0.317 e. The Morgan fingerprint density at radius 3 is 2.57 bits per heavy atom. The highest BCUT2D eigenvalue weighted by Gasteiger charge is 2.33. The summed E-state index contributed by atoms with van der Waals surface area (Å²) in [6.45, 7) is 2.79. The molecule has 1 fully saturated rings. The van der Waals surface area contributed by atoms with Gasteiger partial charge in [0.2, 0.25) is 5.91 Å². The maximum atomic E-state index is 12.1. The number of rotatable bonds is 7. The van der Waals surface area contributed by atoms with Gasteiger partial charge in [-0.2, -0.15) is 0 Å². The standard InChI is InChI=1S/C14H25N3O4/c1-3-7-17(9-12(18)15-2)14(21)16-8-10-5-4-6-11(10)13(19)20/h10-11H,3-9H2,1-2H3,(H,15,18)(H,16,21)(H,19,20). The number of nitrogens with zero attached hydrogens (tertiary/aromatic N) is 1. The quantitative estimate of drug-likeness (QED) is 0.643. The van der Waals surface area contributed by atoms with Gasteiger partial charge in [0.05, 0.1) is 5.92 Å². The molecule has 1 aliphatic rings. The number of hydrogen-bond acceptors (Lipinski definition) is 3. The largest absolute Gasteiger partial charge is 0.481 e. The highest BCUT2D eigenvalue weighted by Crippen LogP contribution is 2.31. The lowest BCUT2D eigenvalue weighted by atomic mass is 9.96. The molecule has 21 heavy (non-hydrogen) atoms. The molecule has 2 atom stereocenters. The van der Waals surface area contributed by atoms with Crippen molar-refractivity contribution in [3.8, 4) is 0 Å². The lowest BCUT2D eigenvalue weighted by Gasteiger charge is -2.23. The summed E-state index contributed by atoms with van der Waals surface area (Å²) in [5, 5.41) is 14.4. The van der Waals surface area contributed by atoms with Crippen LogP contribution in [0.3, 0.4) is 0 Å². The molecule has 0 aromatic heterocycles. The number of hydrogen-bond donors (Lipinski definition) is 3. The van der Waals surface area contributed by atoms with E-state index in [0.29, 0.717) is 19.5 Å². The van der Waals surface area contributed by atoms with E-state index in [1.807, 2.05) is 6.92 Å². The first-order chi connectivity index (χ1) is 9.99. The number of carbonyl (C=O) groups excluding carboxylic acids is 2. The second-order valence-electron chi connectivity index (χ2n) is 5.42. The minimum atomic E-state index is -0.789. The Hall–Kier alpha value is -1.79. The Labute approximate surface area is 125 Å². The first kappa shape index (κ1) is 17.3. The number of aliphatic carboxylic acids is 1. The molecule has 0 aromatic rings. The zero-order chi connectivity index (χ0) is 15.8. The fourth-order valence-electron chi connectivity index (χ4n) is 2.71. The molecule has 1 rings (SSSR count). The third-order valence-electron chi connectivity index (χ3n) is 3.89. The van der Waals surface area contributed by atoms with Crippen LogP contribution in [0.4, 0.5) is 4.79 Å². The summed E-state index contributed by atoms with van der Waals surface area (Å²) in [5.74, 6) is -1.40. The zero-order valence-corrected chi connectivity index (χ0v) is 12.7. The lowest BCUT2D eigenvalue weighted by molar-refractivity contribution is -0.142. The number of amides is 3. The molecule has 120 valence electrons. The number of urea groups is 1. The average molecular weight is 299 g/mol. The summed E-state index contributed by atoms with van der Waals surface area (Å²) in [4.78, 5) is 36.0. The minimum Gasteiger partial charge on any atom is -0.481 e. The van der Waals surface area contributed by atoms with Gasteiger partial charge in [0.1, 0.15) is 6.54 Å². The molecule has 0 spiro atoms. The fourth-order valence-corrected chi connectivity index (χ4v) is 2.71. The van der Waals surface area contributed by atoms with Crippen LogP contribution in [-0.4, -0.2) is 54.6 Å². The third kappa shape index (κ3) is 5.24. The second kappa shape index (κ2) is 8.49. The van der Waals surface area contributed by atoms with Crippen molar-refractivity contribution < 1.29 is 19.5 Å². The SMILES string of the molecule is CCCN(CC(=O)NC)C(=O)NCC1CCCC1C(=O)O. The van der Waals surface area contributed by atoms with Crippen LogP contribution in [0.2, 0.25) is 0 Å². The smallest absolute Gasteiger partial charge is 0.317 e. The summed E-state index contributed by atoms with van der Waals surface area (Å²) in [7, 11) is 1.53. The van der Waals surface area contributed by atoms with Gasteiger partial charge >= 0.3 is 12.0 Å². The van der Waals surface area contributed by atoms with Crippen LogP contribution in [0.15, 0.2) is 0 Å². The third-order valence-corrected chi connectivity index (χ3v) is 3.89. The molecule has 7 heteroatoms. The number of carboxylic acids is 1. The lowest BCUT2D eigenvalue weighted by Crippen LogP contribution is -2.46. The minimum absolute atomic E-state index is 0.0171. The van der Waals surface area contributed by atoms with Gasteiger partial charge in [-0.3, -0.25) is 9.59 Å². The number of likely N-dealkylation sites (N-methyl/N-ethyl adjacent to an activating group) is 1. The summed E-state index contributed by atoms with van der Waals surface area (Å²) in [6, 6.07) is -0.309. The van der Waals surface area contributed by atoms with E-state index >= 15 is 0 Å². The van der Waals surface area contributed by atoms with Crippen LogP contribution >= 0.6 is 0 Å². The van der Waals surface area contributed by atoms with E-state index in [1.54, 1.807) is 0 Å². The number of nitrogens with one attached hydrogen (secondary N) is 2. The Kier molecular flexibility index (Phi) is 6.98. The van der Waals surface area contributed by atoms with Crippen LogP contribution < -0.4 is 10.6 Å². The molecule has 3 amide bonds. The predicted octanol–water partition coefficient (Wildman–Crippen LogP) is 0.655. The first-order valence-electron chi connectivity index (χ1n) is 7.45.